The Morgan fingerprint density at radius 1 is 1.33 bits per heavy atom. The summed E-state index contributed by atoms with van der Waals surface area (Å²) in [4.78, 5) is 11.6. The number of Topliss-reactive ketones (excluding diaryl/α,β-unsaturated/α-hetero) is 1. The van der Waals surface area contributed by atoms with Crippen molar-refractivity contribution in [2.45, 2.75) is 52.6 Å². The SMILES string of the molecule is CC(=O)c1cc(C)ccc1OC1CCCC(C)C1. The molecule has 0 bridgehead atoms. The van der Waals surface area contributed by atoms with Gasteiger partial charge in [0.2, 0.25) is 0 Å². The molecule has 2 nitrogen and oxygen atoms in total. The highest BCUT2D eigenvalue weighted by Crippen LogP contribution is 2.29. The van der Waals surface area contributed by atoms with Crippen LogP contribution in [-0.4, -0.2) is 11.9 Å². The first kappa shape index (κ1) is 13.1. The molecule has 2 heteroatoms. The third-order valence-electron chi connectivity index (χ3n) is 3.70. The normalized spacial score (nSPS) is 23.7. The maximum atomic E-state index is 11.6. The van der Waals surface area contributed by atoms with Crippen molar-refractivity contribution in [2.24, 2.45) is 5.92 Å². The molecule has 1 aliphatic carbocycles. The number of benzene rings is 1. The van der Waals surface area contributed by atoms with E-state index < -0.39 is 0 Å². The molecular formula is C16H22O2. The van der Waals surface area contributed by atoms with Gasteiger partial charge in [-0.1, -0.05) is 25.0 Å². The van der Waals surface area contributed by atoms with Crippen molar-refractivity contribution < 1.29 is 9.53 Å². The maximum absolute atomic E-state index is 11.6. The van der Waals surface area contributed by atoms with Gasteiger partial charge < -0.3 is 4.74 Å². The van der Waals surface area contributed by atoms with Gasteiger partial charge in [-0.05, 0) is 51.2 Å². The van der Waals surface area contributed by atoms with Crippen LogP contribution in [0.15, 0.2) is 18.2 Å². The molecule has 2 rings (SSSR count). The van der Waals surface area contributed by atoms with E-state index in [0.29, 0.717) is 5.56 Å². The molecule has 1 aromatic rings. The molecule has 0 N–H and O–H groups in total. The van der Waals surface area contributed by atoms with Crippen molar-refractivity contribution >= 4 is 5.78 Å². The minimum atomic E-state index is 0.0811. The van der Waals surface area contributed by atoms with Crippen molar-refractivity contribution in [3.8, 4) is 5.75 Å². The minimum Gasteiger partial charge on any atom is -0.490 e. The fourth-order valence-corrected chi connectivity index (χ4v) is 2.69. The van der Waals surface area contributed by atoms with Crippen molar-refractivity contribution in [1.82, 2.24) is 0 Å². The third-order valence-corrected chi connectivity index (χ3v) is 3.70. The number of rotatable bonds is 3. The van der Waals surface area contributed by atoms with E-state index in [1.807, 2.05) is 25.1 Å². The van der Waals surface area contributed by atoms with Gasteiger partial charge in [-0.15, -0.1) is 0 Å². The maximum Gasteiger partial charge on any atom is 0.163 e. The predicted octanol–water partition coefficient (Wildman–Crippen LogP) is 4.16. The van der Waals surface area contributed by atoms with Crippen molar-refractivity contribution in [1.29, 1.82) is 0 Å². The van der Waals surface area contributed by atoms with Crippen molar-refractivity contribution in [3.05, 3.63) is 29.3 Å². The zero-order valence-electron chi connectivity index (χ0n) is 11.5. The summed E-state index contributed by atoms with van der Waals surface area (Å²) in [6.07, 6.45) is 5.01. The minimum absolute atomic E-state index is 0.0811. The lowest BCUT2D eigenvalue weighted by molar-refractivity contribution is 0.0993. The van der Waals surface area contributed by atoms with Crippen LogP contribution < -0.4 is 4.74 Å². The van der Waals surface area contributed by atoms with Crippen LogP contribution in [0.2, 0.25) is 0 Å². The second kappa shape index (κ2) is 5.55. The van der Waals surface area contributed by atoms with Crippen LogP contribution in [0, 0.1) is 12.8 Å². The van der Waals surface area contributed by atoms with Crippen LogP contribution in [-0.2, 0) is 0 Å². The zero-order chi connectivity index (χ0) is 13.1. The summed E-state index contributed by atoms with van der Waals surface area (Å²) in [5, 5.41) is 0. The first-order valence-corrected chi connectivity index (χ1v) is 6.84. The third kappa shape index (κ3) is 3.12. The molecule has 0 amide bonds. The second-order valence-electron chi connectivity index (χ2n) is 5.57. The molecule has 0 aromatic heterocycles. The van der Waals surface area contributed by atoms with Crippen LogP contribution in [0.25, 0.3) is 0 Å². The monoisotopic (exact) mass is 246 g/mol. The highest BCUT2D eigenvalue weighted by molar-refractivity contribution is 5.97. The van der Waals surface area contributed by atoms with E-state index in [1.54, 1.807) is 6.92 Å². The number of carbonyl (C=O) groups excluding carboxylic acids is 1. The summed E-state index contributed by atoms with van der Waals surface area (Å²) in [6.45, 7) is 5.88. The lowest BCUT2D eigenvalue weighted by atomic mass is 9.88. The van der Waals surface area contributed by atoms with Crippen LogP contribution in [0.5, 0.6) is 5.75 Å². The number of hydrogen-bond donors (Lipinski definition) is 0. The fraction of sp³-hybridized carbons (Fsp3) is 0.562. The van der Waals surface area contributed by atoms with Gasteiger partial charge in [-0.3, -0.25) is 4.79 Å². The summed E-state index contributed by atoms with van der Waals surface area (Å²) in [5.74, 6) is 1.57. The Balaban J connectivity index is 2.15. The van der Waals surface area contributed by atoms with E-state index >= 15 is 0 Å². The molecule has 0 saturated heterocycles. The molecule has 0 radical (unpaired) electrons. The van der Waals surface area contributed by atoms with Gasteiger partial charge in [0.05, 0.1) is 11.7 Å². The van der Waals surface area contributed by atoms with Gasteiger partial charge in [0, 0.05) is 0 Å². The summed E-state index contributed by atoms with van der Waals surface area (Å²) < 4.78 is 6.05. The lowest BCUT2D eigenvalue weighted by Crippen LogP contribution is -2.24. The van der Waals surface area contributed by atoms with Gasteiger partial charge >= 0.3 is 0 Å². The molecule has 2 atom stereocenters. The van der Waals surface area contributed by atoms with Crippen LogP contribution in [0.4, 0.5) is 0 Å². The second-order valence-corrected chi connectivity index (χ2v) is 5.57. The Morgan fingerprint density at radius 3 is 2.78 bits per heavy atom. The molecule has 1 saturated carbocycles. The van der Waals surface area contributed by atoms with Crippen LogP contribution in [0.1, 0.15) is 55.5 Å². The molecule has 2 unspecified atom stereocenters. The van der Waals surface area contributed by atoms with Crippen molar-refractivity contribution in [2.75, 3.05) is 0 Å². The van der Waals surface area contributed by atoms with Gasteiger partial charge in [-0.25, -0.2) is 0 Å². The number of ether oxygens (including phenoxy) is 1. The first-order valence-electron chi connectivity index (χ1n) is 6.84. The first-order chi connectivity index (χ1) is 8.56. The average Bonchev–Trinajstić information content (AvgIpc) is 2.31. The Kier molecular flexibility index (Phi) is 4.05. The molecule has 1 fully saturated rings. The summed E-state index contributed by atoms with van der Waals surface area (Å²) in [6, 6.07) is 5.86. The lowest BCUT2D eigenvalue weighted by Gasteiger charge is -2.28. The van der Waals surface area contributed by atoms with Crippen LogP contribution >= 0.6 is 0 Å². The Hall–Kier alpha value is -1.31. The highest BCUT2D eigenvalue weighted by atomic mass is 16.5. The van der Waals surface area contributed by atoms with Gasteiger partial charge in [0.25, 0.3) is 0 Å². The molecule has 1 aromatic carbocycles. The van der Waals surface area contributed by atoms with Crippen LogP contribution in [0.3, 0.4) is 0 Å². The molecule has 1 aliphatic rings. The Morgan fingerprint density at radius 2 is 2.11 bits per heavy atom. The van der Waals surface area contributed by atoms with E-state index in [0.717, 1.165) is 30.1 Å². The molecular weight excluding hydrogens is 224 g/mol. The van der Waals surface area contributed by atoms with E-state index in [4.69, 9.17) is 4.74 Å². The van der Waals surface area contributed by atoms with E-state index in [2.05, 4.69) is 6.92 Å². The smallest absolute Gasteiger partial charge is 0.163 e. The number of ketones is 1. The summed E-state index contributed by atoms with van der Waals surface area (Å²) >= 11 is 0. The van der Waals surface area contributed by atoms with E-state index in [1.165, 1.54) is 12.8 Å². The molecule has 0 heterocycles. The standard InChI is InChI=1S/C16H22O2/c1-11-5-4-6-14(9-11)18-16-8-7-12(2)10-15(16)13(3)17/h7-8,10-11,14H,4-6,9H2,1-3H3. The van der Waals surface area contributed by atoms with E-state index in [-0.39, 0.29) is 11.9 Å². The zero-order valence-corrected chi connectivity index (χ0v) is 11.5. The highest BCUT2D eigenvalue weighted by Gasteiger charge is 2.21. The predicted molar refractivity (Wildman–Crippen MR) is 73.2 cm³/mol. The van der Waals surface area contributed by atoms with E-state index in [9.17, 15) is 4.79 Å². The van der Waals surface area contributed by atoms with Gasteiger partial charge in [0.1, 0.15) is 5.75 Å². The molecule has 18 heavy (non-hydrogen) atoms. The quantitative estimate of drug-likeness (QED) is 0.749. The van der Waals surface area contributed by atoms with Gasteiger partial charge in [-0.2, -0.15) is 0 Å². The Labute approximate surface area is 109 Å². The number of carbonyl (C=O) groups is 1. The topological polar surface area (TPSA) is 26.3 Å². The van der Waals surface area contributed by atoms with Crippen molar-refractivity contribution in [3.63, 3.8) is 0 Å². The number of aryl methyl sites for hydroxylation is 1. The molecule has 0 spiro atoms. The average molecular weight is 246 g/mol. The number of hydrogen-bond acceptors (Lipinski definition) is 2. The Bertz CT molecular complexity index is 437. The summed E-state index contributed by atoms with van der Waals surface area (Å²) in [5.41, 5.74) is 1.82. The molecule has 98 valence electrons. The summed E-state index contributed by atoms with van der Waals surface area (Å²) in [7, 11) is 0. The molecule has 0 aliphatic heterocycles. The van der Waals surface area contributed by atoms with Gasteiger partial charge in [0.15, 0.2) is 5.78 Å². The largest absolute Gasteiger partial charge is 0.490 e. The fourth-order valence-electron chi connectivity index (χ4n) is 2.69.